The topological polar surface area (TPSA) is 108 Å². The van der Waals surface area contributed by atoms with Gasteiger partial charge in [0.2, 0.25) is 0 Å². The molecule has 0 saturated carbocycles. The van der Waals surface area contributed by atoms with Crippen LogP contribution in [0.1, 0.15) is 21.5 Å². The van der Waals surface area contributed by atoms with Crippen LogP contribution in [0.4, 0.5) is 11.4 Å². The maximum absolute atomic E-state index is 12.3. The number of hydrogen-bond donors (Lipinski definition) is 1. The number of carbonyl (C=O) groups excluding carboxylic acids is 2. The van der Waals surface area contributed by atoms with Crippen molar-refractivity contribution in [2.75, 3.05) is 11.9 Å². The molecule has 0 bridgehead atoms. The van der Waals surface area contributed by atoms with Gasteiger partial charge in [0.1, 0.15) is 17.2 Å². The first-order chi connectivity index (χ1) is 14.8. The van der Waals surface area contributed by atoms with E-state index in [1.807, 2.05) is 18.2 Å². The van der Waals surface area contributed by atoms with Gasteiger partial charge in [-0.2, -0.15) is 0 Å². The summed E-state index contributed by atoms with van der Waals surface area (Å²) in [6.45, 7) is 2.86. The summed E-state index contributed by atoms with van der Waals surface area (Å²) in [6.07, 6.45) is 0. The van der Waals surface area contributed by atoms with Crippen molar-refractivity contribution < 1.29 is 24.0 Å². The first-order valence-electron chi connectivity index (χ1n) is 9.39. The molecule has 0 aliphatic carbocycles. The van der Waals surface area contributed by atoms with Crippen LogP contribution in [0.25, 0.3) is 0 Å². The highest BCUT2D eigenvalue weighted by Crippen LogP contribution is 2.30. The van der Waals surface area contributed by atoms with E-state index >= 15 is 0 Å². The fraction of sp³-hybridized carbons (Fsp3) is 0.130. The Kier molecular flexibility index (Phi) is 6.61. The van der Waals surface area contributed by atoms with Crippen molar-refractivity contribution in [2.24, 2.45) is 0 Å². The largest absolute Gasteiger partial charge is 0.457 e. The maximum atomic E-state index is 12.3. The highest BCUT2D eigenvalue weighted by molar-refractivity contribution is 5.97. The normalized spacial score (nSPS) is 10.3. The molecule has 3 aromatic carbocycles. The third-order valence-corrected chi connectivity index (χ3v) is 4.56. The van der Waals surface area contributed by atoms with E-state index in [1.165, 1.54) is 18.2 Å². The summed E-state index contributed by atoms with van der Waals surface area (Å²) >= 11 is 0. The molecule has 0 radical (unpaired) electrons. The molecule has 0 atom stereocenters. The second-order valence-corrected chi connectivity index (χ2v) is 6.73. The van der Waals surface area contributed by atoms with Gasteiger partial charge < -0.3 is 14.8 Å². The van der Waals surface area contributed by atoms with Crippen molar-refractivity contribution in [1.82, 2.24) is 0 Å². The minimum atomic E-state index is -0.718. The van der Waals surface area contributed by atoms with Gasteiger partial charge in [-0.3, -0.25) is 14.9 Å². The molecule has 31 heavy (non-hydrogen) atoms. The lowest BCUT2D eigenvalue weighted by atomic mass is 10.1. The number of nitro groups is 1. The smallest absolute Gasteiger partial charge is 0.338 e. The Morgan fingerprint density at radius 3 is 2.39 bits per heavy atom. The maximum Gasteiger partial charge on any atom is 0.338 e. The summed E-state index contributed by atoms with van der Waals surface area (Å²) in [4.78, 5) is 35.3. The third-order valence-electron chi connectivity index (χ3n) is 4.56. The minimum absolute atomic E-state index is 0.0873. The number of benzene rings is 3. The molecular formula is C23H20N2O6. The van der Waals surface area contributed by atoms with Gasteiger partial charge in [0.25, 0.3) is 11.6 Å². The van der Waals surface area contributed by atoms with Gasteiger partial charge in [-0.05, 0) is 55.3 Å². The van der Waals surface area contributed by atoms with Gasteiger partial charge in [-0.25, -0.2) is 4.79 Å². The van der Waals surface area contributed by atoms with E-state index in [1.54, 1.807) is 44.2 Å². The van der Waals surface area contributed by atoms with Crippen LogP contribution in [-0.4, -0.2) is 23.4 Å². The lowest BCUT2D eigenvalue weighted by Crippen LogP contribution is -2.22. The van der Waals surface area contributed by atoms with Crippen molar-refractivity contribution in [2.45, 2.75) is 13.8 Å². The molecule has 0 heterocycles. The first-order valence-corrected chi connectivity index (χ1v) is 9.39. The van der Waals surface area contributed by atoms with Crippen LogP contribution in [0.2, 0.25) is 0 Å². The second-order valence-electron chi connectivity index (χ2n) is 6.73. The second kappa shape index (κ2) is 9.53. The molecule has 0 fully saturated rings. The molecular weight excluding hydrogens is 400 g/mol. The van der Waals surface area contributed by atoms with Gasteiger partial charge in [0, 0.05) is 6.07 Å². The van der Waals surface area contributed by atoms with Crippen LogP contribution < -0.4 is 10.1 Å². The molecule has 0 aromatic heterocycles. The summed E-state index contributed by atoms with van der Waals surface area (Å²) in [7, 11) is 0. The van der Waals surface area contributed by atoms with Crippen LogP contribution in [-0.2, 0) is 9.53 Å². The van der Waals surface area contributed by atoms with Gasteiger partial charge in [-0.1, -0.05) is 30.3 Å². The monoisotopic (exact) mass is 420 g/mol. The number of anilines is 1. The number of nitro benzene ring substituents is 1. The number of nitrogens with one attached hydrogen (secondary N) is 1. The zero-order chi connectivity index (χ0) is 22.4. The van der Waals surface area contributed by atoms with Crippen LogP contribution in [0.3, 0.4) is 0 Å². The lowest BCUT2D eigenvalue weighted by Gasteiger charge is -2.11. The highest BCUT2D eigenvalue weighted by Gasteiger charge is 2.20. The molecule has 0 unspecified atom stereocenters. The summed E-state index contributed by atoms with van der Waals surface area (Å²) in [5.74, 6) is -0.343. The molecule has 0 saturated heterocycles. The Morgan fingerprint density at radius 2 is 1.68 bits per heavy atom. The number of aryl methyl sites for hydroxylation is 1. The van der Waals surface area contributed by atoms with Crippen molar-refractivity contribution in [3.05, 3.63) is 93.5 Å². The number of nitrogens with zero attached hydrogens (tertiary/aromatic N) is 1. The van der Waals surface area contributed by atoms with Crippen LogP contribution in [0.5, 0.6) is 11.5 Å². The average molecular weight is 420 g/mol. The van der Waals surface area contributed by atoms with Crippen molar-refractivity contribution in [3.8, 4) is 11.5 Å². The Morgan fingerprint density at radius 1 is 0.968 bits per heavy atom. The zero-order valence-corrected chi connectivity index (χ0v) is 17.0. The van der Waals surface area contributed by atoms with E-state index in [0.717, 1.165) is 5.56 Å². The Bertz CT molecular complexity index is 1130. The molecule has 3 rings (SSSR count). The molecule has 8 heteroatoms. The van der Waals surface area contributed by atoms with Gasteiger partial charge >= 0.3 is 5.97 Å². The molecule has 1 amide bonds. The average Bonchev–Trinajstić information content (AvgIpc) is 2.76. The van der Waals surface area contributed by atoms with E-state index in [9.17, 15) is 19.7 Å². The fourth-order valence-electron chi connectivity index (χ4n) is 2.81. The van der Waals surface area contributed by atoms with E-state index in [4.69, 9.17) is 9.47 Å². The van der Waals surface area contributed by atoms with E-state index in [0.29, 0.717) is 17.1 Å². The van der Waals surface area contributed by atoms with Crippen LogP contribution >= 0.6 is 0 Å². The van der Waals surface area contributed by atoms with E-state index < -0.39 is 23.4 Å². The fourth-order valence-corrected chi connectivity index (χ4v) is 2.81. The van der Waals surface area contributed by atoms with E-state index in [2.05, 4.69) is 5.32 Å². The van der Waals surface area contributed by atoms with Gasteiger partial charge in [-0.15, -0.1) is 0 Å². The predicted molar refractivity (Wildman–Crippen MR) is 114 cm³/mol. The SMILES string of the molecule is Cc1ccc([N+](=O)[O-])c(NC(=O)COC(=O)c2cccc(Oc3ccccc3)c2)c1C. The number of para-hydroxylation sites is 1. The number of carbonyl (C=O) groups is 2. The summed E-state index contributed by atoms with van der Waals surface area (Å²) in [5, 5.41) is 13.7. The first kappa shape index (κ1) is 21.5. The molecule has 1 N–H and O–H groups in total. The molecule has 0 spiro atoms. The molecule has 0 aliphatic heterocycles. The zero-order valence-electron chi connectivity index (χ0n) is 17.0. The van der Waals surface area contributed by atoms with Crippen molar-refractivity contribution >= 4 is 23.3 Å². The quantitative estimate of drug-likeness (QED) is 0.334. The summed E-state index contributed by atoms with van der Waals surface area (Å²) in [6, 6.07) is 18.4. The predicted octanol–water partition coefficient (Wildman–Crippen LogP) is 4.80. The molecule has 3 aromatic rings. The molecule has 158 valence electrons. The number of esters is 1. The number of ether oxygens (including phenoxy) is 2. The third kappa shape index (κ3) is 5.45. The Hall–Kier alpha value is -4.20. The van der Waals surface area contributed by atoms with Crippen LogP contribution in [0.15, 0.2) is 66.7 Å². The number of hydrogen-bond acceptors (Lipinski definition) is 6. The molecule has 8 nitrogen and oxygen atoms in total. The van der Waals surface area contributed by atoms with Crippen LogP contribution in [0, 0.1) is 24.0 Å². The standard InChI is InChI=1S/C23H20N2O6/c1-15-11-12-20(25(28)29)22(16(15)2)24-21(26)14-30-23(27)17-7-6-10-19(13-17)31-18-8-4-3-5-9-18/h3-13H,14H2,1-2H3,(H,24,26). The van der Waals surface area contributed by atoms with Crippen molar-refractivity contribution in [1.29, 1.82) is 0 Å². The Balaban J connectivity index is 1.64. The van der Waals surface area contributed by atoms with Gasteiger partial charge in [0.05, 0.1) is 10.5 Å². The Labute approximate surface area is 178 Å². The van der Waals surface area contributed by atoms with E-state index in [-0.39, 0.29) is 16.9 Å². The minimum Gasteiger partial charge on any atom is -0.457 e. The summed E-state index contributed by atoms with van der Waals surface area (Å²) < 4.78 is 10.7. The van der Waals surface area contributed by atoms with Crippen molar-refractivity contribution in [3.63, 3.8) is 0 Å². The van der Waals surface area contributed by atoms with Gasteiger partial charge in [0.15, 0.2) is 6.61 Å². The highest BCUT2D eigenvalue weighted by atomic mass is 16.6. The lowest BCUT2D eigenvalue weighted by molar-refractivity contribution is -0.384. The number of amides is 1. The molecule has 0 aliphatic rings. The summed E-state index contributed by atoms with van der Waals surface area (Å²) in [5.41, 5.74) is 1.42. The number of rotatable bonds is 7.